The normalized spacial score (nSPS) is 13.9. The number of thiocarbonyl (C=S) groups is 1. The Kier molecular flexibility index (Phi) is 6.48. The van der Waals surface area contributed by atoms with Crippen LogP contribution >= 0.6 is 39.7 Å². The van der Waals surface area contributed by atoms with E-state index in [1.807, 2.05) is 9.80 Å². The maximum absolute atomic E-state index is 12.3. The van der Waals surface area contributed by atoms with Crippen LogP contribution in [-0.4, -0.2) is 47.0 Å². The van der Waals surface area contributed by atoms with Gasteiger partial charge in [0, 0.05) is 48.3 Å². The van der Waals surface area contributed by atoms with Crippen LogP contribution in [0.5, 0.6) is 0 Å². The van der Waals surface area contributed by atoms with Crippen molar-refractivity contribution < 1.29 is 9.72 Å². The van der Waals surface area contributed by atoms with Crippen molar-refractivity contribution in [2.75, 3.05) is 31.1 Å². The van der Waals surface area contributed by atoms with Crippen molar-refractivity contribution in [2.24, 2.45) is 0 Å². The molecule has 1 aliphatic rings. The highest BCUT2D eigenvalue weighted by molar-refractivity contribution is 9.10. The third-order valence-corrected chi connectivity index (χ3v) is 5.57. The Labute approximate surface area is 180 Å². The van der Waals surface area contributed by atoms with E-state index < -0.39 is 4.92 Å². The zero-order valence-corrected chi connectivity index (χ0v) is 17.8. The topological polar surface area (TPSA) is 78.7 Å². The number of carbonyl (C=O) groups excluding carboxylic acids is 1. The summed E-state index contributed by atoms with van der Waals surface area (Å²) in [5.41, 5.74) is 1.24. The van der Waals surface area contributed by atoms with E-state index in [-0.39, 0.29) is 11.6 Å². The molecule has 2 aromatic carbocycles. The number of nitrogens with zero attached hydrogens (tertiary/aromatic N) is 3. The van der Waals surface area contributed by atoms with Crippen LogP contribution in [0.1, 0.15) is 10.4 Å². The monoisotopic (exact) mass is 482 g/mol. The summed E-state index contributed by atoms with van der Waals surface area (Å²) in [7, 11) is 0. The van der Waals surface area contributed by atoms with Crippen LogP contribution in [0.3, 0.4) is 0 Å². The van der Waals surface area contributed by atoms with Crippen molar-refractivity contribution in [1.29, 1.82) is 0 Å². The molecule has 10 heteroatoms. The number of halogens is 2. The molecule has 1 fully saturated rings. The second kappa shape index (κ2) is 8.85. The second-order valence-corrected chi connectivity index (χ2v) is 7.84. The fourth-order valence-corrected chi connectivity index (χ4v) is 3.70. The SMILES string of the molecule is O=C(NC(=S)N1CCN(c2ccc([N+](=O)[O-])cc2Cl)CC1)c1ccc(Br)cc1. The first-order chi connectivity index (χ1) is 13.3. The predicted octanol–water partition coefficient (Wildman–Crippen LogP) is 3.85. The summed E-state index contributed by atoms with van der Waals surface area (Å²) >= 11 is 14.9. The number of piperazine rings is 1. The highest BCUT2D eigenvalue weighted by Gasteiger charge is 2.22. The van der Waals surface area contributed by atoms with Gasteiger partial charge < -0.3 is 9.80 Å². The molecule has 1 N–H and O–H groups in total. The van der Waals surface area contributed by atoms with Gasteiger partial charge >= 0.3 is 0 Å². The molecule has 3 rings (SSSR count). The lowest BCUT2D eigenvalue weighted by atomic mass is 10.2. The largest absolute Gasteiger partial charge is 0.367 e. The van der Waals surface area contributed by atoms with E-state index in [4.69, 9.17) is 23.8 Å². The van der Waals surface area contributed by atoms with Crippen LogP contribution in [0.25, 0.3) is 0 Å². The van der Waals surface area contributed by atoms with Gasteiger partial charge in [0.2, 0.25) is 0 Å². The van der Waals surface area contributed by atoms with E-state index in [9.17, 15) is 14.9 Å². The number of nitro groups is 1. The Morgan fingerprint density at radius 1 is 1.14 bits per heavy atom. The third kappa shape index (κ3) is 4.78. The van der Waals surface area contributed by atoms with Gasteiger partial charge in [0.05, 0.1) is 15.6 Å². The lowest BCUT2D eigenvalue weighted by Crippen LogP contribution is -2.52. The van der Waals surface area contributed by atoms with Gasteiger partial charge in [-0.3, -0.25) is 20.2 Å². The molecular weight excluding hydrogens is 468 g/mol. The molecule has 1 aliphatic heterocycles. The minimum absolute atomic E-state index is 0.0378. The van der Waals surface area contributed by atoms with Crippen LogP contribution in [0.4, 0.5) is 11.4 Å². The minimum Gasteiger partial charge on any atom is -0.367 e. The quantitative estimate of drug-likeness (QED) is 0.406. The molecule has 0 unspecified atom stereocenters. The number of nitro benzene ring substituents is 1. The Bertz CT molecular complexity index is 918. The summed E-state index contributed by atoms with van der Waals surface area (Å²) in [5, 5.41) is 14.3. The summed E-state index contributed by atoms with van der Waals surface area (Å²) in [6.07, 6.45) is 0. The molecule has 1 saturated heterocycles. The number of hydrogen-bond donors (Lipinski definition) is 1. The second-order valence-electron chi connectivity index (χ2n) is 6.13. The zero-order chi connectivity index (χ0) is 20.3. The van der Waals surface area contributed by atoms with E-state index in [0.717, 1.165) is 10.2 Å². The van der Waals surface area contributed by atoms with Crippen molar-refractivity contribution in [1.82, 2.24) is 10.2 Å². The van der Waals surface area contributed by atoms with E-state index in [1.165, 1.54) is 12.1 Å². The zero-order valence-electron chi connectivity index (χ0n) is 14.6. The fourth-order valence-electron chi connectivity index (χ4n) is 2.87. The van der Waals surface area contributed by atoms with E-state index >= 15 is 0 Å². The predicted molar refractivity (Wildman–Crippen MR) is 116 cm³/mol. The standard InChI is InChI=1S/C18H16BrClN4O3S/c19-13-3-1-12(2-4-13)17(25)21-18(28)23-9-7-22(8-10-23)16-6-5-14(24(26)27)11-15(16)20/h1-6,11H,7-10H2,(H,21,25,28). The number of nitrogens with one attached hydrogen (secondary N) is 1. The number of non-ortho nitro benzene ring substituents is 1. The molecule has 146 valence electrons. The summed E-state index contributed by atoms with van der Waals surface area (Å²) in [5.74, 6) is -0.252. The van der Waals surface area contributed by atoms with Gasteiger partial charge in [-0.05, 0) is 42.5 Å². The van der Waals surface area contributed by atoms with Crippen LogP contribution < -0.4 is 10.2 Å². The summed E-state index contributed by atoms with van der Waals surface area (Å²) in [4.78, 5) is 26.6. The molecule has 0 aromatic heterocycles. The molecule has 0 atom stereocenters. The summed E-state index contributed by atoms with van der Waals surface area (Å²) in [6, 6.07) is 11.5. The van der Waals surface area contributed by atoms with E-state index in [2.05, 4.69) is 21.2 Å². The van der Waals surface area contributed by atoms with Crippen molar-refractivity contribution in [3.63, 3.8) is 0 Å². The van der Waals surface area contributed by atoms with Crippen molar-refractivity contribution >= 4 is 62.1 Å². The maximum Gasteiger partial charge on any atom is 0.271 e. The molecule has 0 aliphatic carbocycles. The van der Waals surface area contributed by atoms with Crippen LogP contribution in [0.2, 0.25) is 5.02 Å². The van der Waals surface area contributed by atoms with Gasteiger partial charge in [0.1, 0.15) is 0 Å². The first-order valence-corrected chi connectivity index (χ1v) is 9.98. The van der Waals surface area contributed by atoms with Crippen molar-refractivity contribution in [3.8, 4) is 0 Å². The van der Waals surface area contributed by atoms with Gasteiger partial charge in [-0.2, -0.15) is 0 Å². The minimum atomic E-state index is -0.472. The molecule has 1 amide bonds. The molecule has 0 radical (unpaired) electrons. The molecule has 28 heavy (non-hydrogen) atoms. The molecule has 7 nitrogen and oxygen atoms in total. The Morgan fingerprint density at radius 3 is 2.36 bits per heavy atom. The average Bonchev–Trinajstić information content (AvgIpc) is 2.68. The van der Waals surface area contributed by atoms with Crippen LogP contribution in [0, 0.1) is 10.1 Å². The molecule has 0 spiro atoms. The lowest BCUT2D eigenvalue weighted by Gasteiger charge is -2.37. The highest BCUT2D eigenvalue weighted by Crippen LogP contribution is 2.30. The molecule has 0 bridgehead atoms. The van der Waals surface area contributed by atoms with Crippen LogP contribution in [0.15, 0.2) is 46.9 Å². The number of amides is 1. The van der Waals surface area contributed by atoms with Crippen LogP contribution in [-0.2, 0) is 0 Å². The van der Waals surface area contributed by atoms with Gasteiger partial charge in [-0.15, -0.1) is 0 Å². The average molecular weight is 484 g/mol. The Hall–Kier alpha value is -2.23. The number of anilines is 1. The fraction of sp³-hybridized carbons (Fsp3) is 0.222. The smallest absolute Gasteiger partial charge is 0.271 e. The van der Waals surface area contributed by atoms with Crippen molar-refractivity contribution in [3.05, 3.63) is 67.6 Å². The molecule has 0 saturated carbocycles. The van der Waals surface area contributed by atoms with Gasteiger partial charge in [-0.1, -0.05) is 27.5 Å². The maximum atomic E-state index is 12.3. The highest BCUT2D eigenvalue weighted by atomic mass is 79.9. The first-order valence-electron chi connectivity index (χ1n) is 8.40. The number of benzene rings is 2. The Morgan fingerprint density at radius 2 is 1.79 bits per heavy atom. The summed E-state index contributed by atoms with van der Waals surface area (Å²) in [6.45, 7) is 2.47. The molecule has 1 heterocycles. The summed E-state index contributed by atoms with van der Waals surface area (Å²) < 4.78 is 0.896. The molecular formula is C18H16BrClN4O3S. The number of carbonyl (C=O) groups is 1. The first kappa shape index (κ1) is 20.5. The number of hydrogen-bond acceptors (Lipinski definition) is 5. The Balaban J connectivity index is 1.57. The van der Waals surface area contributed by atoms with Crippen molar-refractivity contribution in [2.45, 2.75) is 0 Å². The van der Waals surface area contributed by atoms with Gasteiger partial charge in [0.15, 0.2) is 5.11 Å². The molecule has 2 aromatic rings. The third-order valence-electron chi connectivity index (χ3n) is 4.38. The van der Waals surface area contributed by atoms with Gasteiger partial charge in [-0.25, -0.2) is 0 Å². The lowest BCUT2D eigenvalue weighted by molar-refractivity contribution is -0.384. The van der Waals surface area contributed by atoms with E-state index in [1.54, 1.807) is 30.3 Å². The van der Waals surface area contributed by atoms with Gasteiger partial charge in [0.25, 0.3) is 11.6 Å². The van der Waals surface area contributed by atoms with E-state index in [0.29, 0.717) is 41.9 Å². The number of rotatable bonds is 3.